The predicted molar refractivity (Wildman–Crippen MR) is 121 cm³/mol. The van der Waals surface area contributed by atoms with Crippen molar-refractivity contribution in [3.63, 3.8) is 0 Å². The maximum atomic E-state index is 12.8. The van der Waals surface area contributed by atoms with Gasteiger partial charge in [-0.2, -0.15) is 0 Å². The number of thiophene rings is 1. The molecule has 2 N–H and O–H groups in total. The average Bonchev–Trinajstić information content (AvgIpc) is 3.24. The lowest BCUT2D eigenvalue weighted by atomic mass is 10.0. The number of hydrogen-bond acceptors (Lipinski definition) is 3. The number of carbonyl (C=O) groups is 1. The van der Waals surface area contributed by atoms with E-state index in [0.29, 0.717) is 13.1 Å². The van der Waals surface area contributed by atoms with Crippen molar-refractivity contribution in [1.29, 1.82) is 0 Å². The Bertz CT molecular complexity index is 902. The van der Waals surface area contributed by atoms with Gasteiger partial charge in [0.05, 0.1) is 4.88 Å². The molecule has 0 aliphatic carbocycles. The number of amides is 1. The van der Waals surface area contributed by atoms with Crippen molar-refractivity contribution in [3.8, 4) is 0 Å². The molecule has 0 bridgehead atoms. The fraction of sp³-hybridized carbons (Fsp3) is 0.292. The van der Waals surface area contributed by atoms with Gasteiger partial charge in [-0.05, 0) is 36.1 Å². The number of aryl methyl sites for hydroxylation is 1. The van der Waals surface area contributed by atoms with E-state index < -0.39 is 0 Å². The highest BCUT2D eigenvalue weighted by atomic mass is 32.1. The number of quaternary nitrogens is 1. The SMILES string of the molecule is Cc1ccc([C@H]([NH2+]CC(=O)N(C)Cc2ccc(N(C)C)cc2)c2cccs2)cc1. The predicted octanol–water partition coefficient (Wildman–Crippen LogP) is 3.43. The van der Waals surface area contributed by atoms with Gasteiger partial charge in [0.2, 0.25) is 0 Å². The van der Waals surface area contributed by atoms with Gasteiger partial charge in [-0.15, -0.1) is 11.3 Å². The molecule has 0 aliphatic rings. The monoisotopic (exact) mass is 408 g/mol. The van der Waals surface area contributed by atoms with E-state index in [9.17, 15) is 4.79 Å². The molecule has 2 aromatic carbocycles. The van der Waals surface area contributed by atoms with Crippen LogP contribution in [0, 0.1) is 6.92 Å². The first-order chi connectivity index (χ1) is 13.9. The van der Waals surface area contributed by atoms with Crippen molar-refractivity contribution in [1.82, 2.24) is 4.90 Å². The smallest absolute Gasteiger partial charge is 0.277 e. The fourth-order valence-corrected chi connectivity index (χ4v) is 4.14. The van der Waals surface area contributed by atoms with E-state index in [1.165, 1.54) is 16.0 Å². The molecule has 1 atom stereocenters. The highest BCUT2D eigenvalue weighted by Gasteiger charge is 2.21. The quantitative estimate of drug-likeness (QED) is 0.620. The van der Waals surface area contributed by atoms with E-state index >= 15 is 0 Å². The summed E-state index contributed by atoms with van der Waals surface area (Å²) >= 11 is 1.74. The molecule has 1 heterocycles. The van der Waals surface area contributed by atoms with Gasteiger partial charge in [0, 0.05) is 38.9 Å². The molecule has 0 saturated carbocycles. The second-order valence-electron chi connectivity index (χ2n) is 7.65. The van der Waals surface area contributed by atoms with Crippen molar-refractivity contribution in [2.45, 2.75) is 19.5 Å². The molecule has 1 amide bonds. The molecule has 0 aliphatic heterocycles. The number of benzene rings is 2. The molecule has 0 saturated heterocycles. The number of likely N-dealkylation sites (N-methyl/N-ethyl adjacent to an activating group) is 1. The Labute approximate surface area is 177 Å². The van der Waals surface area contributed by atoms with Gasteiger partial charge < -0.3 is 15.1 Å². The maximum Gasteiger partial charge on any atom is 0.277 e. The summed E-state index contributed by atoms with van der Waals surface area (Å²) in [5.41, 5.74) is 4.77. The van der Waals surface area contributed by atoms with Crippen LogP contribution in [-0.4, -0.2) is 38.5 Å². The molecule has 3 aromatic rings. The van der Waals surface area contributed by atoms with Crippen LogP contribution in [0.25, 0.3) is 0 Å². The maximum absolute atomic E-state index is 12.8. The topological polar surface area (TPSA) is 40.2 Å². The van der Waals surface area contributed by atoms with Crippen LogP contribution in [0.5, 0.6) is 0 Å². The minimum Gasteiger partial charge on any atom is -0.378 e. The molecule has 3 rings (SSSR count). The lowest BCUT2D eigenvalue weighted by molar-refractivity contribution is -0.676. The highest BCUT2D eigenvalue weighted by molar-refractivity contribution is 7.10. The van der Waals surface area contributed by atoms with Gasteiger partial charge in [0.15, 0.2) is 6.54 Å². The third-order valence-corrected chi connectivity index (χ3v) is 6.07. The summed E-state index contributed by atoms with van der Waals surface area (Å²) in [4.78, 5) is 17.9. The Kier molecular flexibility index (Phi) is 7.07. The summed E-state index contributed by atoms with van der Waals surface area (Å²) in [6, 6.07) is 21.3. The zero-order chi connectivity index (χ0) is 20.8. The van der Waals surface area contributed by atoms with Crippen LogP contribution in [0.1, 0.15) is 27.6 Å². The Morgan fingerprint density at radius 1 is 1.00 bits per heavy atom. The van der Waals surface area contributed by atoms with Crippen LogP contribution >= 0.6 is 11.3 Å². The summed E-state index contributed by atoms with van der Waals surface area (Å²) in [7, 11) is 5.93. The second kappa shape index (κ2) is 9.72. The van der Waals surface area contributed by atoms with Gasteiger partial charge in [-0.25, -0.2) is 0 Å². The molecule has 5 heteroatoms. The van der Waals surface area contributed by atoms with Crippen LogP contribution in [-0.2, 0) is 11.3 Å². The second-order valence-corrected chi connectivity index (χ2v) is 8.63. The number of nitrogens with two attached hydrogens (primary N) is 1. The first-order valence-corrected chi connectivity index (χ1v) is 10.8. The van der Waals surface area contributed by atoms with Crippen LogP contribution in [0.3, 0.4) is 0 Å². The van der Waals surface area contributed by atoms with Crippen LogP contribution in [0.4, 0.5) is 5.69 Å². The number of carbonyl (C=O) groups excluding carboxylic acids is 1. The van der Waals surface area contributed by atoms with Crippen molar-refractivity contribution in [2.24, 2.45) is 0 Å². The summed E-state index contributed by atoms with van der Waals surface area (Å²) in [6.45, 7) is 3.13. The molecule has 0 unspecified atom stereocenters. The van der Waals surface area contributed by atoms with Crippen LogP contribution in [0.2, 0.25) is 0 Å². The summed E-state index contributed by atoms with van der Waals surface area (Å²) in [5.74, 6) is 0.135. The van der Waals surface area contributed by atoms with Crippen LogP contribution < -0.4 is 10.2 Å². The Hall–Kier alpha value is -2.63. The standard InChI is InChI=1S/C24H29N3OS/c1-18-7-11-20(12-8-18)24(22-6-5-15-29-22)25-16-23(28)27(4)17-19-9-13-21(14-10-19)26(2)3/h5-15,24-25H,16-17H2,1-4H3/p+1/t24-/m0/s1. The third-order valence-electron chi connectivity index (χ3n) is 5.11. The molecular formula is C24H30N3OS+. The van der Waals surface area contributed by atoms with Crippen LogP contribution in [0.15, 0.2) is 66.0 Å². The number of rotatable bonds is 8. The molecule has 1 aromatic heterocycles. The fourth-order valence-electron chi connectivity index (χ4n) is 3.29. The average molecular weight is 409 g/mol. The minimum atomic E-state index is 0.135. The molecule has 152 valence electrons. The largest absolute Gasteiger partial charge is 0.378 e. The molecule has 0 fully saturated rings. The van der Waals surface area contributed by atoms with Gasteiger partial charge in [0.1, 0.15) is 6.04 Å². The normalized spacial score (nSPS) is 11.9. The van der Waals surface area contributed by atoms with E-state index in [4.69, 9.17) is 0 Å². The Balaban J connectivity index is 1.62. The molecule has 29 heavy (non-hydrogen) atoms. The van der Waals surface area contributed by atoms with E-state index in [-0.39, 0.29) is 11.9 Å². The van der Waals surface area contributed by atoms with E-state index in [1.54, 1.807) is 11.3 Å². The number of anilines is 1. The van der Waals surface area contributed by atoms with Crippen molar-refractivity contribution < 1.29 is 10.1 Å². The lowest BCUT2D eigenvalue weighted by Crippen LogP contribution is -2.87. The molecule has 0 spiro atoms. The van der Waals surface area contributed by atoms with Crippen molar-refractivity contribution in [2.75, 3.05) is 32.6 Å². The number of hydrogen-bond donors (Lipinski definition) is 1. The van der Waals surface area contributed by atoms with Gasteiger partial charge in [0.25, 0.3) is 5.91 Å². The third kappa shape index (κ3) is 5.68. The lowest BCUT2D eigenvalue weighted by Gasteiger charge is -2.20. The van der Waals surface area contributed by atoms with Gasteiger partial charge >= 0.3 is 0 Å². The summed E-state index contributed by atoms with van der Waals surface area (Å²) in [5, 5.41) is 4.24. The van der Waals surface area contributed by atoms with Crippen molar-refractivity contribution in [3.05, 3.63) is 87.6 Å². The zero-order valence-electron chi connectivity index (χ0n) is 17.6. The first-order valence-electron chi connectivity index (χ1n) is 9.87. The van der Waals surface area contributed by atoms with Crippen molar-refractivity contribution >= 4 is 22.9 Å². The molecule has 4 nitrogen and oxygen atoms in total. The Morgan fingerprint density at radius 2 is 1.69 bits per heavy atom. The van der Waals surface area contributed by atoms with Gasteiger partial charge in [-0.1, -0.05) is 48.0 Å². The van der Waals surface area contributed by atoms with E-state index in [2.05, 4.69) is 83.2 Å². The highest BCUT2D eigenvalue weighted by Crippen LogP contribution is 2.23. The van der Waals surface area contributed by atoms with Gasteiger partial charge in [-0.3, -0.25) is 4.79 Å². The zero-order valence-corrected chi connectivity index (χ0v) is 18.4. The summed E-state index contributed by atoms with van der Waals surface area (Å²) < 4.78 is 0. The van der Waals surface area contributed by atoms with E-state index in [1.807, 2.05) is 26.0 Å². The van der Waals surface area contributed by atoms with E-state index in [0.717, 1.165) is 11.3 Å². The molecule has 0 radical (unpaired) electrons. The first kappa shape index (κ1) is 21.1. The minimum absolute atomic E-state index is 0.135. The summed E-state index contributed by atoms with van der Waals surface area (Å²) in [6.07, 6.45) is 0. The number of nitrogens with zero attached hydrogens (tertiary/aromatic N) is 2. The Morgan fingerprint density at radius 3 is 2.28 bits per heavy atom. The molecular weight excluding hydrogens is 378 g/mol.